The molecule has 0 saturated heterocycles. The molecule has 0 fully saturated rings. The third-order valence-corrected chi connectivity index (χ3v) is 1.42. The van der Waals surface area contributed by atoms with Crippen molar-refractivity contribution in [1.82, 2.24) is 0 Å². The predicted molar refractivity (Wildman–Crippen MR) is 38.5 cm³/mol. The molecule has 0 aliphatic carbocycles. The van der Waals surface area contributed by atoms with E-state index in [1.54, 1.807) is 0 Å². The van der Waals surface area contributed by atoms with E-state index in [4.69, 9.17) is 16.7 Å². The quantitative estimate of drug-likeness (QED) is 0.667. The van der Waals surface area contributed by atoms with E-state index in [1.807, 2.05) is 0 Å². The second kappa shape index (κ2) is 2.84. The van der Waals surface area contributed by atoms with Crippen molar-refractivity contribution in [1.29, 1.82) is 0 Å². The van der Waals surface area contributed by atoms with Crippen LogP contribution in [0.4, 0.5) is 10.1 Å². The molecule has 58 valence electrons. The number of aromatic hydroxyl groups is 1. The lowest BCUT2D eigenvalue weighted by molar-refractivity contribution is 0.474. The Morgan fingerprint density at radius 3 is 2.73 bits per heavy atom. The van der Waals surface area contributed by atoms with E-state index in [0.29, 0.717) is 0 Å². The minimum Gasteiger partial charge on any atom is -0.506 e. The molecule has 5 heteroatoms. The van der Waals surface area contributed by atoms with Gasteiger partial charge in [0.2, 0.25) is 0 Å². The number of nitrogens with zero attached hydrogens (tertiary/aromatic N) is 1. The first-order valence-corrected chi connectivity index (χ1v) is 3.04. The molecule has 0 aromatic heterocycles. The Balaban J connectivity index is 3.31. The fourth-order valence-electron chi connectivity index (χ4n) is 0.596. The van der Waals surface area contributed by atoms with Crippen molar-refractivity contribution >= 4 is 17.3 Å². The van der Waals surface area contributed by atoms with Crippen LogP contribution >= 0.6 is 11.6 Å². The summed E-state index contributed by atoms with van der Waals surface area (Å²) in [4.78, 5) is 9.85. The molecule has 0 aliphatic heterocycles. The highest BCUT2D eigenvalue weighted by molar-refractivity contribution is 6.32. The lowest BCUT2D eigenvalue weighted by Crippen LogP contribution is -1.75. The van der Waals surface area contributed by atoms with E-state index < -0.39 is 11.5 Å². The molecule has 0 atom stereocenters. The van der Waals surface area contributed by atoms with E-state index in [2.05, 4.69) is 5.18 Å². The second-order valence-corrected chi connectivity index (χ2v) is 2.25. The summed E-state index contributed by atoms with van der Waals surface area (Å²) in [6.07, 6.45) is 0. The first-order chi connectivity index (χ1) is 5.15. The molecule has 0 unspecified atom stereocenters. The van der Waals surface area contributed by atoms with Crippen LogP contribution in [0.5, 0.6) is 5.75 Å². The number of benzene rings is 1. The van der Waals surface area contributed by atoms with E-state index in [-0.39, 0.29) is 10.8 Å². The Bertz CT molecular complexity index is 303. The molecule has 1 N–H and O–H groups in total. The van der Waals surface area contributed by atoms with Gasteiger partial charge in [0.15, 0.2) is 5.82 Å². The van der Waals surface area contributed by atoms with Crippen molar-refractivity contribution in [3.05, 3.63) is 27.9 Å². The van der Waals surface area contributed by atoms with Crippen molar-refractivity contribution in [3.63, 3.8) is 0 Å². The number of halogens is 2. The SMILES string of the molecule is O=Nc1cc(O)c(Cl)cc1F. The Hall–Kier alpha value is -1.16. The summed E-state index contributed by atoms with van der Waals surface area (Å²) < 4.78 is 12.5. The van der Waals surface area contributed by atoms with Gasteiger partial charge in [-0.3, -0.25) is 0 Å². The highest BCUT2D eigenvalue weighted by atomic mass is 35.5. The van der Waals surface area contributed by atoms with E-state index in [9.17, 15) is 9.30 Å². The summed E-state index contributed by atoms with van der Waals surface area (Å²) >= 11 is 5.31. The molecule has 0 saturated carbocycles. The van der Waals surface area contributed by atoms with Crippen molar-refractivity contribution < 1.29 is 9.50 Å². The lowest BCUT2D eigenvalue weighted by atomic mass is 10.3. The maximum Gasteiger partial charge on any atom is 0.154 e. The van der Waals surface area contributed by atoms with Gasteiger partial charge in [0.25, 0.3) is 0 Å². The first-order valence-electron chi connectivity index (χ1n) is 2.66. The molecule has 1 aromatic rings. The number of rotatable bonds is 1. The normalized spacial score (nSPS) is 9.64. The van der Waals surface area contributed by atoms with Crippen molar-refractivity contribution in [2.45, 2.75) is 0 Å². The smallest absolute Gasteiger partial charge is 0.154 e. The summed E-state index contributed by atoms with van der Waals surface area (Å²) in [5, 5.41) is 11.0. The van der Waals surface area contributed by atoms with Gasteiger partial charge in [-0.1, -0.05) is 11.6 Å². The highest BCUT2D eigenvalue weighted by Gasteiger charge is 2.07. The summed E-state index contributed by atoms with van der Waals surface area (Å²) in [6.45, 7) is 0. The Morgan fingerprint density at radius 2 is 2.18 bits per heavy atom. The van der Waals surface area contributed by atoms with Crippen LogP contribution in [0, 0.1) is 10.7 Å². The molecule has 0 amide bonds. The fourth-order valence-corrected chi connectivity index (χ4v) is 0.747. The Kier molecular flexibility index (Phi) is 2.05. The van der Waals surface area contributed by atoms with E-state index in [1.165, 1.54) is 0 Å². The van der Waals surface area contributed by atoms with Gasteiger partial charge in [0.05, 0.1) is 5.02 Å². The maximum absolute atomic E-state index is 12.5. The van der Waals surface area contributed by atoms with Gasteiger partial charge >= 0.3 is 0 Å². The number of hydrogen-bond donors (Lipinski definition) is 1. The first kappa shape index (κ1) is 7.94. The zero-order valence-corrected chi connectivity index (χ0v) is 5.97. The molecule has 0 bridgehead atoms. The van der Waals surface area contributed by atoms with Crippen LogP contribution in [0.2, 0.25) is 5.02 Å². The molecular formula is C6H3ClFNO2. The minimum atomic E-state index is -0.845. The lowest BCUT2D eigenvalue weighted by Gasteiger charge is -1.96. The van der Waals surface area contributed by atoms with Gasteiger partial charge in [0.1, 0.15) is 11.4 Å². The average molecular weight is 176 g/mol. The average Bonchev–Trinajstić information content (AvgIpc) is 1.97. The van der Waals surface area contributed by atoms with Gasteiger partial charge in [-0.15, -0.1) is 4.91 Å². The van der Waals surface area contributed by atoms with Crippen molar-refractivity contribution in [2.24, 2.45) is 5.18 Å². The van der Waals surface area contributed by atoms with Crippen LogP contribution in [-0.2, 0) is 0 Å². The molecule has 0 aliphatic rings. The predicted octanol–water partition coefficient (Wildman–Crippen LogP) is 2.58. The topological polar surface area (TPSA) is 49.7 Å². The second-order valence-electron chi connectivity index (χ2n) is 1.85. The van der Waals surface area contributed by atoms with Crippen LogP contribution in [0.3, 0.4) is 0 Å². The molecule has 1 aromatic carbocycles. The summed E-state index contributed by atoms with van der Waals surface area (Å²) in [5.74, 6) is -1.20. The molecule has 3 nitrogen and oxygen atoms in total. The summed E-state index contributed by atoms with van der Waals surface area (Å²) in [7, 11) is 0. The molecule has 0 radical (unpaired) electrons. The van der Waals surface area contributed by atoms with E-state index in [0.717, 1.165) is 12.1 Å². The number of nitroso groups, excluding NO2 is 1. The maximum atomic E-state index is 12.5. The third kappa shape index (κ3) is 1.46. The number of hydrogen-bond acceptors (Lipinski definition) is 3. The number of phenols is 1. The molecule has 0 heterocycles. The fraction of sp³-hybridized carbons (Fsp3) is 0. The minimum absolute atomic E-state index is 0.144. The van der Waals surface area contributed by atoms with Gasteiger partial charge < -0.3 is 5.11 Å². The Labute approximate surface area is 66.4 Å². The van der Waals surface area contributed by atoms with Crippen LogP contribution in [0.1, 0.15) is 0 Å². The van der Waals surface area contributed by atoms with Crippen LogP contribution in [0.15, 0.2) is 17.3 Å². The molecular weight excluding hydrogens is 173 g/mol. The van der Waals surface area contributed by atoms with Crippen LogP contribution in [-0.4, -0.2) is 5.11 Å². The summed E-state index contributed by atoms with van der Waals surface area (Å²) in [5.41, 5.74) is -0.452. The molecule has 0 spiro atoms. The standard InChI is InChI=1S/C6H3ClFNO2/c7-3-1-4(8)5(9-11)2-6(3)10/h1-2,10H. The zero-order valence-electron chi connectivity index (χ0n) is 5.21. The molecule has 1 rings (SSSR count). The third-order valence-electron chi connectivity index (χ3n) is 1.11. The number of phenolic OH excluding ortho intramolecular Hbond substituents is 1. The van der Waals surface area contributed by atoms with E-state index >= 15 is 0 Å². The van der Waals surface area contributed by atoms with Gasteiger partial charge in [-0.05, 0) is 11.2 Å². The van der Waals surface area contributed by atoms with Gasteiger partial charge in [-0.25, -0.2) is 4.39 Å². The van der Waals surface area contributed by atoms with Crippen molar-refractivity contribution in [3.8, 4) is 5.75 Å². The van der Waals surface area contributed by atoms with Gasteiger partial charge in [0, 0.05) is 6.07 Å². The monoisotopic (exact) mass is 175 g/mol. The molecule has 11 heavy (non-hydrogen) atoms. The van der Waals surface area contributed by atoms with Crippen molar-refractivity contribution in [2.75, 3.05) is 0 Å². The van der Waals surface area contributed by atoms with Crippen LogP contribution in [0.25, 0.3) is 0 Å². The summed E-state index contributed by atoms with van der Waals surface area (Å²) in [6, 6.07) is 1.69. The van der Waals surface area contributed by atoms with Crippen LogP contribution < -0.4 is 0 Å². The highest BCUT2D eigenvalue weighted by Crippen LogP contribution is 2.30. The zero-order chi connectivity index (χ0) is 8.43. The largest absolute Gasteiger partial charge is 0.506 e. The van der Waals surface area contributed by atoms with Gasteiger partial charge in [-0.2, -0.15) is 0 Å². The Morgan fingerprint density at radius 1 is 1.55 bits per heavy atom.